The first-order valence-corrected chi connectivity index (χ1v) is 8.13. The number of hydrogen-bond acceptors (Lipinski definition) is 5. The second kappa shape index (κ2) is 6.51. The molecular formula is C18H22N6O. The smallest absolute Gasteiger partial charge is 0.254 e. The minimum atomic E-state index is 0.0287. The van der Waals surface area contributed by atoms with Gasteiger partial charge in [-0.1, -0.05) is 29.8 Å². The molecule has 2 aromatic heterocycles. The Hall–Kier alpha value is -2.96. The third kappa shape index (κ3) is 3.45. The van der Waals surface area contributed by atoms with Gasteiger partial charge in [0, 0.05) is 30.5 Å². The molecule has 130 valence electrons. The molecule has 0 unspecified atom stereocenters. The molecule has 2 heterocycles. The van der Waals surface area contributed by atoms with Gasteiger partial charge in [-0.25, -0.2) is 4.98 Å². The van der Waals surface area contributed by atoms with E-state index in [0.717, 1.165) is 22.5 Å². The van der Waals surface area contributed by atoms with E-state index in [1.54, 1.807) is 9.42 Å². The van der Waals surface area contributed by atoms with E-state index in [1.165, 1.54) is 5.56 Å². The van der Waals surface area contributed by atoms with Crippen molar-refractivity contribution in [2.45, 2.75) is 33.7 Å². The van der Waals surface area contributed by atoms with E-state index in [4.69, 9.17) is 5.73 Å². The normalized spacial score (nSPS) is 11.0. The van der Waals surface area contributed by atoms with Crippen molar-refractivity contribution in [3.05, 3.63) is 52.3 Å². The lowest BCUT2D eigenvalue weighted by Crippen LogP contribution is -2.28. The van der Waals surface area contributed by atoms with Crippen LogP contribution in [0.1, 0.15) is 28.1 Å². The van der Waals surface area contributed by atoms with Gasteiger partial charge in [0.1, 0.15) is 0 Å². The third-order valence-electron chi connectivity index (χ3n) is 4.36. The topological polar surface area (TPSA) is 89.4 Å². The Labute approximate surface area is 146 Å². The summed E-state index contributed by atoms with van der Waals surface area (Å²) in [6.45, 7) is 6.40. The largest absolute Gasteiger partial charge is 0.366 e. The summed E-state index contributed by atoms with van der Waals surface area (Å²) in [7, 11) is 1.81. The summed E-state index contributed by atoms with van der Waals surface area (Å²) < 4.78 is 1.59. The van der Waals surface area contributed by atoms with Crippen molar-refractivity contribution in [3.63, 3.8) is 0 Å². The molecule has 0 aliphatic heterocycles. The molecule has 0 spiro atoms. The molecule has 1 aromatic carbocycles. The Morgan fingerprint density at radius 1 is 1.16 bits per heavy atom. The molecule has 0 saturated heterocycles. The zero-order valence-electron chi connectivity index (χ0n) is 14.9. The number of anilines is 1. The van der Waals surface area contributed by atoms with E-state index in [0.29, 0.717) is 12.3 Å². The molecule has 3 rings (SSSR count). The van der Waals surface area contributed by atoms with Gasteiger partial charge in [-0.15, -0.1) is 5.10 Å². The van der Waals surface area contributed by atoms with Crippen LogP contribution in [0.4, 0.5) is 5.95 Å². The lowest BCUT2D eigenvalue weighted by molar-refractivity contribution is -0.129. The van der Waals surface area contributed by atoms with E-state index in [2.05, 4.69) is 27.2 Å². The number of carbonyl (C=O) groups excluding carboxylic acids is 1. The highest BCUT2D eigenvalue weighted by atomic mass is 16.2. The highest BCUT2D eigenvalue weighted by Gasteiger charge is 2.17. The molecule has 7 heteroatoms. The standard InChI is InChI=1S/C18H22N6O/c1-11-5-7-14(8-6-11)10-23(4)16(25)9-15-12(2)20-18-21-17(19)22-24(18)13(15)3/h5-8H,9-10H2,1-4H3,(H2,19,22). The number of likely N-dealkylation sites (N-methyl/N-ethyl adjacent to an activating group) is 1. The van der Waals surface area contributed by atoms with Crippen LogP contribution >= 0.6 is 0 Å². The number of aryl methyl sites for hydroxylation is 3. The maximum atomic E-state index is 12.7. The van der Waals surface area contributed by atoms with Crippen LogP contribution in [0.15, 0.2) is 24.3 Å². The lowest BCUT2D eigenvalue weighted by Gasteiger charge is -2.19. The van der Waals surface area contributed by atoms with Crippen molar-refractivity contribution in [2.75, 3.05) is 12.8 Å². The summed E-state index contributed by atoms with van der Waals surface area (Å²) in [5, 5.41) is 4.14. The molecule has 0 aliphatic rings. The summed E-state index contributed by atoms with van der Waals surface area (Å²) in [6.07, 6.45) is 0.267. The van der Waals surface area contributed by atoms with Crippen molar-refractivity contribution in [2.24, 2.45) is 0 Å². The predicted octanol–water partition coefficient (Wildman–Crippen LogP) is 1.83. The molecule has 0 fully saturated rings. The van der Waals surface area contributed by atoms with Gasteiger partial charge < -0.3 is 10.6 Å². The van der Waals surface area contributed by atoms with Crippen LogP contribution in [0.25, 0.3) is 5.78 Å². The average Bonchev–Trinajstić information content (AvgIpc) is 2.93. The van der Waals surface area contributed by atoms with E-state index in [1.807, 2.05) is 40.0 Å². The molecule has 3 aromatic rings. The molecule has 25 heavy (non-hydrogen) atoms. The van der Waals surface area contributed by atoms with Gasteiger partial charge in [0.2, 0.25) is 11.9 Å². The number of nitrogen functional groups attached to an aromatic ring is 1. The van der Waals surface area contributed by atoms with Crippen LogP contribution in [-0.4, -0.2) is 37.4 Å². The van der Waals surface area contributed by atoms with Crippen LogP contribution < -0.4 is 5.73 Å². The van der Waals surface area contributed by atoms with Gasteiger partial charge in [0.05, 0.1) is 6.42 Å². The number of nitrogens with two attached hydrogens (primary N) is 1. The molecule has 0 aliphatic carbocycles. The van der Waals surface area contributed by atoms with Crippen molar-refractivity contribution in [1.29, 1.82) is 0 Å². The van der Waals surface area contributed by atoms with E-state index in [-0.39, 0.29) is 18.3 Å². The number of rotatable bonds is 4. The fraction of sp³-hybridized carbons (Fsp3) is 0.333. The number of carbonyl (C=O) groups is 1. The Kier molecular flexibility index (Phi) is 4.39. The average molecular weight is 338 g/mol. The second-order valence-electron chi connectivity index (χ2n) is 6.36. The van der Waals surface area contributed by atoms with E-state index in [9.17, 15) is 4.79 Å². The van der Waals surface area contributed by atoms with Crippen LogP contribution in [0.2, 0.25) is 0 Å². The van der Waals surface area contributed by atoms with Gasteiger partial charge in [0.15, 0.2) is 0 Å². The SMILES string of the molecule is Cc1ccc(CN(C)C(=O)Cc2c(C)nc3nc(N)nn3c2C)cc1. The highest BCUT2D eigenvalue weighted by molar-refractivity contribution is 5.79. The molecule has 0 bridgehead atoms. The molecule has 0 radical (unpaired) electrons. The monoisotopic (exact) mass is 338 g/mol. The summed E-state index contributed by atoms with van der Waals surface area (Å²) in [4.78, 5) is 22.9. The fourth-order valence-electron chi connectivity index (χ4n) is 2.82. The number of amides is 1. The summed E-state index contributed by atoms with van der Waals surface area (Å²) in [6, 6.07) is 8.19. The number of benzene rings is 1. The Morgan fingerprint density at radius 2 is 1.84 bits per heavy atom. The van der Waals surface area contributed by atoms with Crippen LogP contribution in [-0.2, 0) is 17.8 Å². The van der Waals surface area contributed by atoms with Crippen LogP contribution in [0.5, 0.6) is 0 Å². The van der Waals surface area contributed by atoms with Gasteiger partial charge in [-0.05, 0) is 26.3 Å². The first-order valence-electron chi connectivity index (χ1n) is 8.13. The van der Waals surface area contributed by atoms with Crippen LogP contribution in [0, 0.1) is 20.8 Å². The number of nitrogens with zero attached hydrogens (tertiary/aromatic N) is 5. The number of hydrogen-bond donors (Lipinski definition) is 1. The van der Waals surface area contributed by atoms with Crippen molar-refractivity contribution < 1.29 is 4.79 Å². The lowest BCUT2D eigenvalue weighted by atomic mass is 10.1. The summed E-state index contributed by atoms with van der Waals surface area (Å²) >= 11 is 0. The van der Waals surface area contributed by atoms with Gasteiger partial charge in [-0.3, -0.25) is 4.79 Å². The quantitative estimate of drug-likeness (QED) is 0.784. The molecule has 1 amide bonds. The van der Waals surface area contributed by atoms with Gasteiger partial charge >= 0.3 is 0 Å². The maximum Gasteiger partial charge on any atom is 0.254 e. The Bertz CT molecular complexity index is 929. The number of aromatic nitrogens is 4. The van der Waals surface area contributed by atoms with Crippen LogP contribution in [0.3, 0.4) is 0 Å². The van der Waals surface area contributed by atoms with E-state index < -0.39 is 0 Å². The minimum Gasteiger partial charge on any atom is -0.366 e. The number of fused-ring (bicyclic) bond motifs is 1. The molecular weight excluding hydrogens is 316 g/mol. The first kappa shape index (κ1) is 16.9. The third-order valence-corrected chi connectivity index (χ3v) is 4.36. The first-order chi connectivity index (χ1) is 11.8. The second-order valence-corrected chi connectivity index (χ2v) is 6.36. The van der Waals surface area contributed by atoms with Crippen molar-refractivity contribution >= 4 is 17.6 Å². The van der Waals surface area contributed by atoms with Gasteiger partial charge in [-0.2, -0.15) is 9.50 Å². The zero-order valence-corrected chi connectivity index (χ0v) is 14.9. The zero-order chi connectivity index (χ0) is 18.1. The predicted molar refractivity (Wildman–Crippen MR) is 96.0 cm³/mol. The highest BCUT2D eigenvalue weighted by Crippen LogP contribution is 2.16. The minimum absolute atomic E-state index is 0.0287. The van der Waals surface area contributed by atoms with Crippen molar-refractivity contribution in [1.82, 2.24) is 24.5 Å². The molecule has 7 nitrogen and oxygen atoms in total. The van der Waals surface area contributed by atoms with Gasteiger partial charge in [0.25, 0.3) is 5.78 Å². The Balaban J connectivity index is 1.80. The summed E-state index contributed by atoms with van der Waals surface area (Å²) in [5.74, 6) is 0.660. The maximum absolute atomic E-state index is 12.7. The Morgan fingerprint density at radius 3 is 2.52 bits per heavy atom. The summed E-state index contributed by atoms with van der Waals surface area (Å²) in [5.41, 5.74) is 10.4. The van der Waals surface area contributed by atoms with E-state index >= 15 is 0 Å². The van der Waals surface area contributed by atoms with Crippen molar-refractivity contribution in [3.8, 4) is 0 Å². The molecule has 0 atom stereocenters. The fourth-order valence-corrected chi connectivity index (χ4v) is 2.82. The molecule has 2 N–H and O–H groups in total. The molecule has 0 saturated carbocycles.